The van der Waals surface area contributed by atoms with E-state index in [0.29, 0.717) is 45.2 Å². The average Bonchev–Trinajstić information content (AvgIpc) is 2.92. The molecule has 2 aromatic rings. The van der Waals surface area contributed by atoms with Crippen molar-refractivity contribution in [2.24, 2.45) is 0 Å². The van der Waals surface area contributed by atoms with Crippen LogP contribution in [0.3, 0.4) is 0 Å². The van der Waals surface area contributed by atoms with Crippen LogP contribution in [0.4, 0.5) is 9.59 Å². The van der Waals surface area contributed by atoms with E-state index < -0.39 is 36.1 Å². The number of nitrogens with one attached hydrogen (secondary N) is 4. The maximum Gasteiger partial charge on any atom is 0.338 e. The minimum absolute atomic E-state index is 0.0944. The minimum Gasteiger partial charge on any atom is -0.459 e. The van der Waals surface area contributed by atoms with Gasteiger partial charge in [0.1, 0.15) is 11.5 Å². The molecule has 4 N–H and O–H groups in total. The molecule has 228 valence electrons. The topological polar surface area (TPSA) is 153 Å². The van der Waals surface area contributed by atoms with Crippen LogP contribution in [0.1, 0.15) is 64.8 Å². The third kappa shape index (κ3) is 7.64. The van der Waals surface area contributed by atoms with Crippen molar-refractivity contribution >= 4 is 24.0 Å². The highest BCUT2D eigenvalue weighted by atomic mass is 16.7. The molecule has 4 amide bonds. The molecule has 12 nitrogen and oxygen atoms in total. The summed E-state index contributed by atoms with van der Waals surface area (Å²) in [5.74, 6) is 0.00764. The van der Waals surface area contributed by atoms with E-state index >= 15 is 0 Å². The van der Waals surface area contributed by atoms with Gasteiger partial charge in [-0.25, -0.2) is 19.2 Å². The first-order valence-electron chi connectivity index (χ1n) is 13.9. The lowest BCUT2D eigenvalue weighted by atomic mass is 9.95. The van der Waals surface area contributed by atoms with Gasteiger partial charge in [0.05, 0.1) is 35.4 Å². The van der Waals surface area contributed by atoms with Gasteiger partial charge >= 0.3 is 24.0 Å². The number of hydrogen-bond donors (Lipinski definition) is 4. The quantitative estimate of drug-likeness (QED) is 0.236. The standard InChI is InChI=1S/C31H36N4O8/c1-16(2)42-28(36)24-18(5)32-30(38)34-26(24)20-7-11-22(12-8-20)40-15-41-23-13-9-21(10-14-23)27-25(29(37)43-17(3)4)19(6)33-31(39)35-27/h7-14,16-17,26-27H,15H2,1-6H3,(H2,32,34,38)(H2,33,35,39). The van der Waals surface area contributed by atoms with E-state index in [-0.39, 0.29) is 19.0 Å². The van der Waals surface area contributed by atoms with Crippen LogP contribution in [0, 0.1) is 0 Å². The van der Waals surface area contributed by atoms with E-state index in [2.05, 4.69) is 21.3 Å². The van der Waals surface area contributed by atoms with Gasteiger partial charge in [-0.05, 0) is 76.9 Å². The van der Waals surface area contributed by atoms with Crippen LogP contribution in [0.5, 0.6) is 11.5 Å². The van der Waals surface area contributed by atoms with Crippen molar-refractivity contribution in [1.82, 2.24) is 21.3 Å². The third-order valence-corrected chi connectivity index (χ3v) is 6.54. The van der Waals surface area contributed by atoms with Crippen molar-refractivity contribution in [3.05, 3.63) is 82.2 Å². The zero-order valence-corrected chi connectivity index (χ0v) is 24.9. The van der Waals surface area contributed by atoms with Crippen LogP contribution in [0.15, 0.2) is 71.1 Å². The summed E-state index contributed by atoms with van der Waals surface area (Å²) in [5, 5.41) is 10.8. The van der Waals surface area contributed by atoms with Gasteiger partial charge in [-0.2, -0.15) is 0 Å². The Bertz CT molecular complexity index is 1340. The molecule has 2 aliphatic heterocycles. The zero-order chi connectivity index (χ0) is 31.3. The minimum atomic E-state index is -0.681. The lowest BCUT2D eigenvalue weighted by Crippen LogP contribution is -2.45. The van der Waals surface area contributed by atoms with Crippen LogP contribution in [-0.4, -0.2) is 43.0 Å². The summed E-state index contributed by atoms with van der Waals surface area (Å²) in [6.07, 6.45) is -0.619. The Kier molecular flexibility index (Phi) is 9.59. The lowest BCUT2D eigenvalue weighted by molar-refractivity contribution is -0.144. The van der Waals surface area contributed by atoms with Crippen LogP contribution >= 0.6 is 0 Å². The highest BCUT2D eigenvalue weighted by Crippen LogP contribution is 2.31. The van der Waals surface area contributed by atoms with Crippen molar-refractivity contribution in [3.63, 3.8) is 0 Å². The summed E-state index contributed by atoms with van der Waals surface area (Å²) in [7, 11) is 0. The van der Waals surface area contributed by atoms with Gasteiger partial charge in [0.2, 0.25) is 6.79 Å². The first-order valence-corrected chi connectivity index (χ1v) is 13.9. The smallest absolute Gasteiger partial charge is 0.338 e. The molecule has 2 aliphatic rings. The number of urea groups is 2. The molecule has 0 fully saturated rings. The summed E-state index contributed by atoms with van der Waals surface area (Å²) in [4.78, 5) is 49.7. The van der Waals surface area contributed by atoms with Crippen LogP contribution in [0.2, 0.25) is 0 Å². The van der Waals surface area contributed by atoms with Crippen molar-refractivity contribution < 1.29 is 38.1 Å². The maximum atomic E-state index is 12.7. The summed E-state index contributed by atoms with van der Waals surface area (Å²) in [6, 6.07) is 11.7. The number of carbonyl (C=O) groups is 4. The van der Waals surface area contributed by atoms with Crippen LogP contribution in [-0.2, 0) is 19.1 Å². The number of amides is 4. The van der Waals surface area contributed by atoms with Gasteiger partial charge in [-0.15, -0.1) is 0 Å². The zero-order valence-electron chi connectivity index (χ0n) is 24.9. The molecule has 0 bridgehead atoms. The first-order chi connectivity index (χ1) is 20.4. The van der Waals surface area contributed by atoms with E-state index in [4.69, 9.17) is 18.9 Å². The summed E-state index contributed by atoms with van der Waals surface area (Å²) in [5.41, 5.74) is 2.87. The predicted molar refractivity (Wildman–Crippen MR) is 156 cm³/mol. The molecule has 0 spiro atoms. The van der Waals surface area contributed by atoms with Gasteiger partial charge in [0.25, 0.3) is 0 Å². The van der Waals surface area contributed by atoms with Gasteiger partial charge < -0.3 is 40.2 Å². The van der Waals surface area contributed by atoms with Crippen molar-refractivity contribution in [2.75, 3.05) is 6.79 Å². The normalized spacial score (nSPS) is 18.4. The molecule has 12 heteroatoms. The predicted octanol–water partition coefficient (Wildman–Crippen LogP) is 4.26. The molecule has 0 saturated heterocycles. The Morgan fingerprint density at radius 2 is 1.00 bits per heavy atom. The Hall–Kier alpha value is -5.00. The van der Waals surface area contributed by atoms with Crippen molar-refractivity contribution in [2.45, 2.75) is 65.8 Å². The largest absolute Gasteiger partial charge is 0.459 e. The molecular weight excluding hydrogens is 556 g/mol. The summed E-state index contributed by atoms with van der Waals surface area (Å²) < 4.78 is 22.2. The van der Waals surface area contributed by atoms with Crippen molar-refractivity contribution in [1.29, 1.82) is 0 Å². The average molecular weight is 593 g/mol. The molecule has 0 saturated carbocycles. The molecule has 2 aromatic carbocycles. The Morgan fingerprint density at radius 1 is 0.651 bits per heavy atom. The SMILES string of the molecule is CC1=C(C(=O)OC(C)C)C(c2ccc(OCOc3ccc(C4NC(=O)NC(C)=C4C(=O)OC(C)C)cc3)cc2)NC(=O)N1. The van der Waals surface area contributed by atoms with E-state index in [9.17, 15) is 19.2 Å². The highest BCUT2D eigenvalue weighted by molar-refractivity contribution is 5.95. The second-order valence-corrected chi connectivity index (χ2v) is 10.6. The van der Waals surface area contributed by atoms with E-state index in [1.165, 1.54) is 0 Å². The molecule has 0 aromatic heterocycles. The van der Waals surface area contributed by atoms with Gasteiger partial charge in [-0.1, -0.05) is 24.3 Å². The van der Waals surface area contributed by atoms with Crippen LogP contribution in [0.25, 0.3) is 0 Å². The Balaban J connectivity index is 1.38. The second-order valence-electron chi connectivity index (χ2n) is 10.6. The monoisotopic (exact) mass is 592 g/mol. The number of hydrogen-bond acceptors (Lipinski definition) is 8. The molecular formula is C31H36N4O8. The maximum absolute atomic E-state index is 12.7. The van der Waals surface area contributed by atoms with E-state index in [0.717, 1.165) is 0 Å². The number of rotatable bonds is 10. The first kappa shape index (κ1) is 30.9. The fraction of sp³-hybridized carbons (Fsp3) is 0.355. The number of ether oxygens (including phenoxy) is 4. The van der Waals surface area contributed by atoms with Gasteiger partial charge in [0.15, 0.2) is 0 Å². The Morgan fingerprint density at radius 3 is 1.33 bits per heavy atom. The summed E-state index contributed by atoms with van der Waals surface area (Å²) in [6.45, 7) is 10.3. The van der Waals surface area contributed by atoms with Gasteiger partial charge in [0, 0.05) is 11.4 Å². The van der Waals surface area contributed by atoms with Crippen LogP contribution < -0.4 is 30.7 Å². The second kappa shape index (κ2) is 13.3. The lowest BCUT2D eigenvalue weighted by Gasteiger charge is -2.28. The van der Waals surface area contributed by atoms with E-state index in [1.54, 1.807) is 90.1 Å². The number of benzene rings is 2. The fourth-order valence-electron chi connectivity index (χ4n) is 4.66. The molecule has 4 rings (SSSR count). The number of carbonyl (C=O) groups excluding carboxylic acids is 4. The molecule has 43 heavy (non-hydrogen) atoms. The molecule has 0 radical (unpaired) electrons. The summed E-state index contributed by atoms with van der Waals surface area (Å²) >= 11 is 0. The molecule has 2 atom stereocenters. The van der Waals surface area contributed by atoms with Gasteiger partial charge in [-0.3, -0.25) is 0 Å². The third-order valence-electron chi connectivity index (χ3n) is 6.54. The Labute approximate surface area is 249 Å². The number of allylic oxidation sites excluding steroid dienone is 2. The van der Waals surface area contributed by atoms with Crippen molar-refractivity contribution in [3.8, 4) is 11.5 Å². The molecule has 2 heterocycles. The van der Waals surface area contributed by atoms with E-state index in [1.807, 2.05) is 0 Å². The highest BCUT2D eigenvalue weighted by Gasteiger charge is 2.34. The fourth-order valence-corrected chi connectivity index (χ4v) is 4.66. The number of esters is 2. The molecule has 0 aliphatic carbocycles. The molecule has 2 unspecified atom stereocenters.